The van der Waals surface area contributed by atoms with Gasteiger partial charge in [0.2, 0.25) is 5.28 Å². The molecule has 104 valence electrons. The highest BCUT2D eigenvalue weighted by Gasteiger charge is 2.09. The first kappa shape index (κ1) is 14.6. The zero-order valence-electron chi connectivity index (χ0n) is 10.6. The van der Waals surface area contributed by atoms with Gasteiger partial charge in [-0.1, -0.05) is 17.7 Å². The Morgan fingerprint density at radius 1 is 1.40 bits per heavy atom. The van der Waals surface area contributed by atoms with Crippen molar-refractivity contribution in [1.82, 2.24) is 9.97 Å². The second-order valence-electron chi connectivity index (χ2n) is 3.76. The van der Waals surface area contributed by atoms with E-state index in [1.54, 1.807) is 31.2 Å². The zero-order chi connectivity index (χ0) is 14.5. The smallest absolute Gasteiger partial charge is 0.338 e. The molecule has 7 heteroatoms. The molecule has 2 aromatic rings. The van der Waals surface area contributed by atoms with Crippen molar-refractivity contribution in [3.05, 3.63) is 46.3 Å². The fraction of sp³-hybridized carbons (Fsp3) is 0.154. The third kappa shape index (κ3) is 3.59. The van der Waals surface area contributed by atoms with Crippen molar-refractivity contribution in [2.75, 3.05) is 11.9 Å². The number of nitrogens with zero attached hydrogens (tertiary/aromatic N) is 2. The van der Waals surface area contributed by atoms with Gasteiger partial charge in [0.25, 0.3) is 0 Å². The van der Waals surface area contributed by atoms with Gasteiger partial charge in [0.15, 0.2) is 5.82 Å². The molecule has 0 bridgehead atoms. The molecule has 0 aliphatic rings. The molecule has 2 rings (SSSR count). The largest absolute Gasteiger partial charge is 0.462 e. The van der Waals surface area contributed by atoms with Gasteiger partial charge in [-0.25, -0.2) is 9.78 Å². The average molecular weight is 312 g/mol. The molecule has 0 unspecified atom stereocenters. The quantitative estimate of drug-likeness (QED) is 0.689. The van der Waals surface area contributed by atoms with Crippen molar-refractivity contribution in [3.63, 3.8) is 0 Å². The lowest BCUT2D eigenvalue weighted by Crippen LogP contribution is -2.05. The summed E-state index contributed by atoms with van der Waals surface area (Å²) in [6.07, 6.45) is 1.40. The van der Waals surface area contributed by atoms with E-state index in [-0.39, 0.29) is 11.3 Å². The lowest BCUT2D eigenvalue weighted by Gasteiger charge is -2.08. The van der Waals surface area contributed by atoms with E-state index in [4.69, 9.17) is 27.9 Å². The summed E-state index contributed by atoms with van der Waals surface area (Å²) in [6, 6.07) is 6.81. The fourth-order valence-corrected chi connectivity index (χ4v) is 1.78. The topological polar surface area (TPSA) is 64.1 Å². The van der Waals surface area contributed by atoms with Crippen molar-refractivity contribution in [3.8, 4) is 0 Å². The van der Waals surface area contributed by atoms with Crippen LogP contribution >= 0.6 is 23.2 Å². The van der Waals surface area contributed by atoms with Gasteiger partial charge in [0, 0.05) is 5.69 Å². The second-order valence-corrected chi connectivity index (χ2v) is 4.51. The van der Waals surface area contributed by atoms with Gasteiger partial charge in [-0.05, 0) is 36.7 Å². The molecule has 0 fully saturated rings. The molecule has 0 spiro atoms. The van der Waals surface area contributed by atoms with E-state index in [1.165, 1.54) is 6.20 Å². The maximum absolute atomic E-state index is 11.6. The minimum absolute atomic E-state index is 0.0819. The lowest BCUT2D eigenvalue weighted by atomic mass is 10.2. The third-order valence-corrected chi connectivity index (χ3v) is 2.81. The second kappa shape index (κ2) is 6.54. The van der Waals surface area contributed by atoms with Gasteiger partial charge in [-0.2, -0.15) is 4.98 Å². The summed E-state index contributed by atoms with van der Waals surface area (Å²) in [4.78, 5) is 19.4. The predicted molar refractivity (Wildman–Crippen MR) is 77.7 cm³/mol. The Kier molecular flexibility index (Phi) is 4.76. The van der Waals surface area contributed by atoms with E-state index < -0.39 is 0 Å². The summed E-state index contributed by atoms with van der Waals surface area (Å²) in [5.74, 6) is -0.0179. The zero-order valence-corrected chi connectivity index (χ0v) is 12.1. The Hall–Kier alpha value is -1.85. The van der Waals surface area contributed by atoms with Crippen molar-refractivity contribution in [1.29, 1.82) is 0 Å². The highest BCUT2D eigenvalue weighted by atomic mass is 35.5. The van der Waals surface area contributed by atoms with Gasteiger partial charge in [0.1, 0.15) is 5.02 Å². The summed E-state index contributed by atoms with van der Waals surface area (Å²) < 4.78 is 4.94. The lowest BCUT2D eigenvalue weighted by molar-refractivity contribution is 0.0526. The summed E-state index contributed by atoms with van der Waals surface area (Å²) in [7, 11) is 0. The Morgan fingerprint density at radius 2 is 2.20 bits per heavy atom. The number of aromatic nitrogens is 2. The molecule has 1 aromatic carbocycles. The molecule has 0 aliphatic carbocycles. The average Bonchev–Trinajstić information content (AvgIpc) is 2.43. The van der Waals surface area contributed by atoms with Crippen LogP contribution in [0.5, 0.6) is 0 Å². The van der Waals surface area contributed by atoms with Gasteiger partial charge in [-0.3, -0.25) is 0 Å². The van der Waals surface area contributed by atoms with E-state index in [9.17, 15) is 4.79 Å². The monoisotopic (exact) mass is 311 g/mol. The summed E-state index contributed by atoms with van der Waals surface area (Å²) >= 11 is 11.7. The number of carbonyl (C=O) groups is 1. The Labute approximate surface area is 125 Å². The first-order valence-electron chi connectivity index (χ1n) is 5.82. The van der Waals surface area contributed by atoms with Crippen LogP contribution in [-0.2, 0) is 4.74 Å². The number of benzene rings is 1. The van der Waals surface area contributed by atoms with Crippen LogP contribution in [0.2, 0.25) is 10.3 Å². The molecular formula is C13H11Cl2N3O2. The molecule has 1 N–H and O–H groups in total. The number of anilines is 2. The normalized spacial score (nSPS) is 10.2. The standard InChI is InChI=1S/C13H11Cl2N3O2/c1-2-20-12(19)8-4-3-5-9(6-8)17-11-10(14)7-16-13(15)18-11/h3-7H,2H2,1H3,(H,16,17,18). The first-order chi connectivity index (χ1) is 9.60. The van der Waals surface area contributed by atoms with Crippen LogP contribution in [0, 0.1) is 0 Å². The van der Waals surface area contributed by atoms with Crippen LogP contribution in [0.4, 0.5) is 11.5 Å². The van der Waals surface area contributed by atoms with E-state index in [1.807, 2.05) is 0 Å². The van der Waals surface area contributed by atoms with Crippen LogP contribution in [0.3, 0.4) is 0 Å². The molecule has 5 nitrogen and oxygen atoms in total. The van der Waals surface area contributed by atoms with Crippen LogP contribution in [0.25, 0.3) is 0 Å². The molecule has 0 saturated heterocycles. The minimum atomic E-state index is -0.386. The fourth-order valence-electron chi connectivity index (χ4n) is 1.51. The number of carbonyl (C=O) groups excluding carboxylic acids is 1. The number of halogens is 2. The molecule has 1 aromatic heterocycles. The van der Waals surface area contributed by atoms with Crippen LogP contribution in [-0.4, -0.2) is 22.5 Å². The number of rotatable bonds is 4. The van der Waals surface area contributed by atoms with E-state index >= 15 is 0 Å². The number of ether oxygens (including phenoxy) is 1. The Balaban J connectivity index is 2.23. The number of hydrogen-bond acceptors (Lipinski definition) is 5. The van der Waals surface area contributed by atoms with Crippen molar-refractivity contribution in [2.45, 2.75) is 6.92 Å². The SMILES string of the molecule is CCOC(=O)c1cccc(Nc2nc(Cl)ncc2Cl)c1. The summed E-state index contributed by atoms with van der Waals surface area (Å²) in [5, 5.41) is 3.39. The predicted octanol–water partition coefficient (Wildman–Crippen LogP) is 3.70. The molecule has 20 heavy (non-hydrogen) atoms. The first-order valence-corrected chi connectivity index (χ1v) is 6.58. The van der Waals surface area contributed by atoms with Crippen LogP contribution in [0.1, 0.15) is 17.3 Å². The summed E-state index contributed by atoms with van der Waals surface area (Å²) in [6.45, 7) is 2.08. The molecule has 0 radical (unpaired) electrons. The van der Waals surface area contributed by atoms with Gasteiger partial charge in [-0.15, -0.1) is 0 Å². The molecule has 0 saturated carbocycles. The molecule has 1 heterocycles. The molecular weight excluding hydrogens is 301 g/mol. The third-order valence-electron chi connectivity index (χ3n) is 2.35. The maximum atomic E-state index is 11.6. The van der Waals surface area contributed by atoms with Gasteiger partial charge in [0.05, 0.1) is 18.4 Å². The molecule has 0 aliphatic heterocycles. The minimum Gasteiger partial charge on any atom is -0.462 e. The van der Waals surface area contributed by atoms with E-state index in [0.29, 0.717) is 28.7 Å². The van der Waals surface area contributed by atoms with Crippen molar-refractivity contribution < 1.29 is 9.53 Å². The Morgan fingerprint density at radius 3 is 2.95 bits per heavy atom. The summed E-state index contributed by atoms with van der Waals surface area (Å²) in [5.41, 5.74) is 1.08. The number of hydrogen-bond donors (Lipinski definition) is 1. The van der Waals surface area contributed by atoms with E-state index in [2.05, 4.69) is 15.3 Å². The van der Waals surface area contributed by atoms with Crippen molar-refractivity contribution in [2.24, 2.45) is 0 Å². The molecule has 0 amide bonds. The van der Waals surface area contributed by atoms with Crippen molar-refractivity contribution >= 4 is 40.7 Å². The number of nitrogens with one attached hydrogen (secondary N) is 1. The maximum Gasteiger partial charge on any atom is 0.338 e. The van der Waals surface area contributed by atoms with Crippen LogP contribution < -0.4 is 5.32 Å². The van der Waals surface area contributed by atoms with Gasteiger partial charge >= 0.3 is 5.97 Å². The molecule has 0 atom stereocenters. The number of esters is 1. The van der Waals surface area contributed by atoms with E-state index in [0.717, 1.165) is 0 Å². The Bertz CT molecular complexity index is 635. The highest BCUT2D eigenvalue weighted by molar-refractivity contribution is 6.33. The van der Waals surface area contributed by atoms with Gasteiger partial charge < -0.3 is 10.1 Å². The highest BCUT2D eigenvalue weighted by Crippen LogP contribution is 2.24. The van der Waals surface area contributed by atoms with Crippen LogP contribution in [0.15, 0.2) is 30.5 Å².